The van der Waals surface area contributed by atoms with Gasteiger partial charge in [-0.15, -0.1) is 0 Å². The number of hydrogen-bond acceptors (Lipinski definition) is 4. The molecule has 0 radical (unpaired) electrons. The summed E-state index contributed by atoms with van der Waals surface area (Å²) in [4.78, 5) is 28.4. The second kappa shape index (κ2) is 13.6. The predicted octanol–water partition coefficient (Wildman–Crippen LogP) is 6.93. The van der Waals surface area contributed by atoms with E-state index in [4.69, 9.17) is 23.2 Å². The van der Waals surface area contributed by atoms with E-state index in [1.807, 2.05) is 0 Å². The molecule has 0 aliphatic heterocycles. The highest BCUT2D eigenvalue weighted by molar-refractivity contribution is 7.92. The Balaban J connectivity index is 2.16. The fourth-order valence-corrected chi connectivity index (χ4v) is 6.26. The molecule has 2 amide bonds. The van der Waals surface area contributed by atoms with Gasteiger partial charge in [-0.2, -0.15) is 13.2 Å². The number of hydrogen-bond donors (Lipinski definition) is 1. The highest BCUT2D eigenvalue weighted by Gasteiger charge is 2.36. The van der Waals surface area contributed by atoms with Crippen molar-refractivity contribution < 1.29 is 31.2 Å². The Kier molecular flexibility index (Phi) is 10.8. The van der Waals surface area contributed by atoms with E-state index in [9.17, 15) is 31.2 Å². The van der Waals surface area contributed by atoms with Crippen LogP contribution in [0.15, 0.2) is 77.7 Å². The van der Waals surface area contributed by atoms with Gasteiger partial charge in [-0.1, -0.05) is 60.5 Å². The molecule has 0 aliphatic rings. The van der Waals surface area contributed by atoms with Crippen LogP contribution in [0.1, 0.15) is 45.2 Å². The lowest BCUT2D eigenvalue weighted by Crippen LogP contribution is -2.55. The summed E-state index contributed by atoms with van der Waals surface area (Å²) in [6, 6.07) is 14.3. The topological polar surface area (TPSA) is 86.8 Å². The van der Waals surface area contributed by atoms with Crippen molar-refractivity contribution in [2.45, 2.75) is 63.3 Å². The number of rotatable bonds is 10. The first-order chi connectivity index (χ1) is 20.0. The third-order valence-corrected chi connectivity index (χ3v) is 8.84. The largest absolute Gasteiger partial charge is 0.416 e. The lowest BCUT2D eigenvalue weighted by atomic mass is 10.1. The fourth-order valence-electron chi connectivity index (χ4n) is 4.31. The van der Waals surface area contributed by atoms with Crippen LogP contribution in [0.3, 0.4) is 0 Å². The Morgan fingerprint density at radius 3 is 2.02 bits per heavy atom. The van der Waals surface area contributed by atoms with Crippen LogP contribution in [0.5, 0.6) is 0 Å². The number of alkyl halides is 3. The smallest absolute Gasteiger partial charge is 0.350 e. The van der Waals surface area contributed by atoms with E-state index in [-0.39, 0.29) is 33.6 Å². The molecule has 0 bridgehead atoms. The van der Waals surface area contributed by atoms with Crippen molar-refractivity contribution >= 4 is 50.7 Å². The first-order valence-corrected chi connectivity index (χ1v) is 15.4. The van der Waals surface area contributed by atoms with Gasteiger partial charge in [-0.25, -0.2) is 8.42 Å². The van der Waals surface area contributed by atoms with Crippen LogP contribution in [-0.4, -0.2) is 43.3 Å². The van der Waals surface area contributed by atoms with E-state index in [1.165, 1.54) is 30.3 Å². The standard InChI is InChI=1S/C30H32Cl2F3N3O4S/c1-5-26(28(40)36-29(2,3)4)37(18-23-24(31)15-10-16-25(23)32)27(39)19-38(43(41,42)22-13-7-6-8-14-22)21-12-9-11-20(17-21)30(33,34)35/h6-17,26H,5,18-19H2,1-4H3,(H,36,40). The summed E-state index contributed by atoms with van der Waals surface area (Å²) in [6.45, 7) is 5.77. The molecule has 3 aromatic carbocycles. The lowest BCUT2D eigenvalue weighted by Gasteiger charge is -2.35. The zero-order valence-electron chi connectivity index (χ0n) is 24.0. The number of nitrogens with zero attached hydrogens (tertiary/aromatic N) is 2. The molecule has 0 aromatic heterocycles. The molecule has 0 aliphatic carbocycles. The predicted molar refractivity (Wildman–Crippen MR) is 161 cm³/mol. The van der Waals surface area contributed by atoms with Gasteiger partial charge in [0, 0.05) is 27.7 Å². The Hall–Kier alpha value is -3.28. The van der Waals surface area contributed by atoms with Crippen LogP contribution in [0.2, 0.25) is 10.0 Å². The lowest BCUT2D eigenvalue weighted by molar-refractivity contribution is -0.141. The third-order valence-electron chi connectivity index (χ3n) is 6.35. The van der Waals surface area contributed by atoms with E-state index >= 15 is 0 Å². The minimum absolute atomic E-state index is 0.130. The molecule has 0 saturated carbocycles. The van der Waals surface area contributed by atoms with Crippen LogP contribution < -0.4 is 9.62 Å². The number of benzene rings is 3. The van der Waals surface area contributed by atoms with E-state index in [0.29, 0.717) is 15.9 Å². The van der Waals surface area contributed by atoms with Gasteiger partial charge in [0.2, 0.25) is 11.8 Å². The molecule has 13 heteroatoms. The van der Waals surface area contributed by atoms with Gasteiger partial charge in [-0.05, 0) is 69.7 Å². The summed E-state index contributed by atoms with van der Waals surface area (Å²) in [5.41, 5.74) is -1.82. The van der Waals surface area contributed by atoms with Gasteiger partial charge in [0.1, 0.15) is 12.6 Å². The van der Waals surface area contributed by atoms with Gasteiger partial charge in [-0.3, -0.25) is 13.9 Å². The number of amides is 2. The normalized spacial score (nSPS) is 12.9. The van der Waals surface area contributed by atoms with Crippen molar-refractivity contribution in [3.05, 3.63) is 94.0 Å². The molecule has 0 fully saturated rings. The third kappa shape index (κ3) is 8.64. The Morgan fingerprint density at radius 2 is 1.49 bits per heavy atom. The molecule has 0 heterocycles. The average Bonchev–Trinajstić information content (AvgIpc) is 2.92. The van der Waals surface area contributed by atoms with Crippen molar-refractivity contribution in [2.75, 3.05) is 10.8 Å². The van der Waals surface area contributed by atoms with Crippen LogP contribution in [0.25, 0.3) is 0 Å². The minimum Gasteiger partial charge on any atom is -0.350 e. The maximum atomic E-state index is 14.1. The molecule has 1 unspecified atom stereocenters. The molecule has 232 valence electrons. The highest BCUT2D eigenvalue weighted by Crippen LogP contribution is 2.34. The van der Waals surface area contributed by atoms with Gasteiger partial charge in [0.25, 0.3) is 10.0 Å². The quantitative estimate of drug-likeness (QED) is 0.256. The van der Waals surface area contributed by atoms with E-state index in [2.05, 4.69) is 5.32 Å². The molecule has 3 aromatic rings. The zero-order chi connectivity index (χ0) is 32.2. The van der Waals surface area contributed by atoms with Crippen LogP contribution in [0.4, 0.5) is 18.9 Å². The van der Waals surface area contributed by atoms with E-state index < -0.39 is 51.7 Å². The summed E-state index contributed by atoms with van der Waals surface area (Å²) in [7, 11) is -4.55. The molecule has 1 N–H and O–H groups in total. The zero-order valence-corrected chi connectivity index (χ0v) is 26.3. The van der Waals surface area contributed by atoms with Crippen LogP contribution >= 0.6 is 23.2 Å². The maximum absolute atomic E-state index is 14.1. The molecular weight excluding hydrogens is 626 g/mol. The number of carbonyl (C=O) groups is 2. The number of anilines is 1. The first-order valence-electron chi connectivity index (χ1n) is 13.2. The van der Waals surface area contributed by atoms with E-state index in [1.54, 1.807) is 52.0 Å². The summed E-state index contributed by atoms with van der Waals surface area (Å²) < 4.78 is 69.1. The second-order valence-electron chi connectivity index (χ2n) is 10.8. The van der Waals surface area contributed by atoms with Crippen LogP contribution in [0, 0.1) is 0 Å². The van der Waals surface area contributed by atoms with Gasteiger partial charge < -0.3 is 10.2 Å². The fraction of sp³-hybridized carbons (Fsp3) is 0.333. The highest BCUT2D eigenvalue weighted by atomic mass is 35.5. The van der Waals surface area contributed by atoms with Crippen molar-refractivity contribution in [1.82, 2.24) is 10.2 Å². The number of halogens is 5. The molecular formula is C30H32Cl2F3N3O4S. The van der Waals surface area contributed by atoms with Crippen molar-refractivity contribution in [1.29, 1.82) is 0 Å². The molecule has 0 saturated heterocycles. The SMILES string of the molecule is CCC(C(=O)NC(C)(C)C)N(Cc1c(Cl)cccc1Cl)C(=O)CN(c1cccc(C(F)(F)F)c1)S(=O)(=O)c1ccccc1. The molecule has 7 nitrogen and oxygen atoms in total. The Bertz CT molecular complexity index is 1540. The van der Waals surface area contributed by atoms with Crippen LogP contribution in [-0.2, 0) is 32.3 Å². The minimum atomic E-state index is -4.77. The monoisotopic (exact) mass is 657 g/mol. The molecule has 43 heavy (non-hydrogen) atoms. The van der Waals surface area contributed by atoms with Crippen molar-refractivity contribution in [3.63, 3.8) is 0 Å². The summed E-state index contributed by atoms with van der Waals surface area (Å²) in [5, 5.41) is 3.25. The molecule has 0 spiro atoms. The summed E-state index contributed by atoms with van der Waals surface area (Å²) in [5.74, 6) is -1.37. The second-order valence-corrected chi connectivity index (χ2v) is 13.4. The summed E-state index contributed by atoms with van der Waals surface area (Å²) in [6.07, 6.45) is -4.64. The number of nitrogens with one attached hydrogen (secondary N) is 1. The Morgan fingerprint density at radius 1 is 0.907 bits per heavy atom. The first kappa shape index (κ1) is 34.2. The van der Waals surface area contributed by atoms with Gasteiger partial charge >= 0.3 is 6.18 Å². The number of sulfonamides is 1. The number of carbonyl (C=O) groups excluding carboxylic acids is 2. The van der Waals surface area contributed by atoms with E-state index in [0.717, 1.165) is 17.0 Å². The Labute approximate surface area is 259 Å². The summed E-state index contributed by atoms with van der Waals surface area (Å²) >= 11 is 12.8. The molecule has 1 atom stereocenters. The maximum Gasteiger partial charge on any atom is 0.416 e. The average molecular weight is 659 g/mol. The van der Waals surface area contributed by atoms with Crippen molar-refractivity contribution in [3.8, 4) is 0 Å². The van der Waals surface area contributed by atoms with Crippen molar-refractivity contribution in [2.24, 2.45) is 0 Å². The van der Waals surface area contributed by atoms with Gasteiger partial charge in [0.15, 0.2) is 0 Å². The van der Waals surface area contributed by atoms with Gasteiger partial charge in [0.05, 0.1) is 16.1 Å². The molecule has 3 rings (SSSR count).